The van der Waals surface area contributed by atoms with E-state index < -0.39 is 20.0 Å². The van der Waals surface area contributed by atoms with Crippen molar-refractivity contribution in [3.8, 4) is 0 Å². The second-order valence-electron chi connectivity index (χ2n) is 8.85. The lowest BCUT2D eigenvalue weighted by Gasteiger charge is -2.32. The highest BCUT2D eigenvalue weighted by atomic mass is 32.2. The second kappa shape index (κ2) is 11.5. The molecule has 192 valence electrons. The van der Waals surface area contributed by atoms with Gasteiger partial charge in [-0.3, -0.25) is 4.79 Å². The number of amides is 1. The zero-order chi connectivity index (χ0) is 25.6. The van der Waals surface area contributed by atoms with Crippen molar-refractivity contribution in [1.29, 1.82) is 0 Å². The van der Waals surface area contributed by atoms with Gasteiger partial charge in [-0.25, -0.2) is 22.0 Å². The van der Waals surface area contributed by atoms with Gasteiger partial charge in [-0.2, -0.15) is 0 Å². The van der Waals surface area contributed by atoms with E-state index in [1.165, 1.54) is 6.07 Å². The third-order valence-corrected chi connectivity index (χ3v) is 6.74. The first-order valence-corrected chi connectivity index (χ1v) is 15.1. The van der Waals surface area contributed by atoms with Gasteiger partial charge in [0.2, 0.25) is 26.0 Å². The molecule has 2 N–H and O–H groups in total. The molecule has 1 heterocycles. The molecule has 1 amide bonds. The Bertz CT molecular complexity index is 1180. The van der Waals surface area contributed by atoms with Crippen molar-refractivity contribution < 1.29 is 21.6 Å². The predicted molar refractivity (Wildman–Crippen MR) is 136 cm³/mol. The van der Waals surface area contributed by atoms with E-state index in [2.05, 4.69) is 14.6 Å². The van der Waals surface area contributed by atoms with Crippen molar-refractivity contribution in [1.82, 2.24) is 19.5 Å². The first-order valence-electron chi connectivity index (χ1n) is 11.3. The average Bonchev–Trinajstić information content (AvgIpc) is 3.29. The summed E-state index contributed by atoms with van der Waals surface area (Å²) in [6, 6.07) is 16.3. The van der Waals surface area contributed by atoms with Crippen molar-refractivity contribution >= 4 is 31.6 Å². The minimum Gasteiger partial charge on any atom is -0.337 e. The van der Waals surface area contributed by atoms with Gasteiger partial charge in [-0.1, -0.05) is 42.5 Å². The number of likely N-dealkylation sites (tertiary alicyclic amines) is 1. The molecule has 1 saturated heterocycles. The smallest absolute Gasteiger partial charge is 0.227 e. The van der Waals surface area contributed by atoms with Crippen LogP contribution in [0.1, 0.15) is 30.0 Å². The van der Waals surface area contributed by atoms with Crippen LogP contribution >= 0.6 is 0 Å². The molecule has 0 radical (unpaired) electrons. The van der Waals surface area contributed by atoms with Crippen molar-refractivity contribution in [3.05, 3.63) is 65.7 Å². The maximum Gasteiger partial charge on any atom is 0.227 e. The van der Waals surface area contributed by atoms with Crippen LogP contribution in [0, 0.1) is 0 Å². The number of sulfonamides is 2. The van der Waals surface area contributed by atoms with Gasteiger partial charge in [0.15, 0.2) is 0 Å². The molecule has 1 fully saturated rings. The Morgan fingerprint density at radius 1 is 0.943 bits per heavy atom. The summed E-state index contributed by atoms with van der Waals surface area (Å²) >= 11 is 0. The lowest BCUT2D eigenvalue weighted by molar-refractivity contribution is -0.131. The van der Waals surface area contributed by atoms with Gasteiger partial charge in [0.05, 0.1) is 30.7 Å². The molecule has 0 bridgehead atoms. The normalized spacial score (nSPS) is 15.6. The Hall–Kier alpha value is -2.51. The molecular formula is C23H33N5O5S2. The Labute approximate surface area is 207 Å². The number of hydrazine groups is 2. The van der Waals surface area contributed by atoms with E-state index in [-0.39, 0.29) is 24.1 Å². The molecule has 0 unspecified atom stereocenters. The molecule has 3 rings (SSSR count). The van der Waals surface area contributed by atoms with E-state index in [1.54, 1.807) is 30.1 Å². The SMILES string of the molecule is CN(C(=O)Cc1cccc(N(NS(C)(=O)=O)NS(C)(=O)=O)c1)[C@H](CN1CCCC1)c1ccccc1. The summed E-state index contributed by atoms with van der Waals surface area (Å²) < 4.78 is 47.0. The van der Waals surface area contributed by atoms with E-state index in [0.29, 0.717) is 5.56 Å². The van der Waals surface area contributed by atoms with Crippen LogP contribution in [-0.4, -0.2) is 71.7 Å². The second-order valence-corrected chi connectivity index (χ2v) is 12.3. The van der Waals surface area contributed by atoms with E-state index in [4.69, 9.17) is 0 Å². The molecule has 2 aromatic rings. The average molecular weight is 524 g/mol. The highest BCUT2D eigenvalue weighted by Gasteiger charge is 2.26. The lowest BCUT2D eigenvalue weighted by atomic mass is 10.0. The summed E-state index contributed by atoms with van der Waals surface area (Å²) in [6.07, 6.45) is 4.21. The van der Waals surface area contributed by atoms with Gasteiger partial charge < -0.3 is 9.80 Å². The van der Waals surface area contributed by atoms with Crippen LogP contribution in [-0.2, 0) is 31.3 Å². The molecule has 2 aromatic carbocycles. The minimum atomic E-state index is -3.78. The predicted octanol–water partition coefficient (Wildman–Crippen LogP) is 1.26. The molecular weight excluding hydrogens is 490 g/mol. The van der Waals surface area contributed by atoms with E-state index in [0.717, 1.165) is 55.7 Å². The topological polar surface area (TPSA) is 119 Å². The number of carbonyl (C=O) groups is 1. The summed E-state index contributed by atoms with van der Waals surface area (Å²) in [5, 5.41) is 0.808. The number of carbonyl (C=O) groups excluding carboxylic acids is 1. The maximum absolute atomic E-state index is 13.3. The van der Waals surface area contributed by atoms with Gasteiger partial charge in [0.1, 0.15) is 0 Å². The molecule has 0 aromatic heterocycles. The summed E-state index contributed by atoms with van der Waals surface area (Å²) in [7, 11) is -5.76. The Morgan fingerprint density at radius 3 is 2.11 bits per heavy atom. The number of hydrogen-bond acceptors (Lipinski definition) is 7. The molecule has 1 aliphatic heterocycles. The minimum absolute atomic E-state index is 0.0687. The summed E-state index contributed by atoms with van der Waals surface area (Å²) in [5.74, 6) is -0.103. The van der Waals surface area contributed by atoms with Gasteiger partial charge in [-0.15, -0.1) is 9.66 Å². The third kappa shape index (κ3) is 8.58. The summed E-state index contributed by atoms with van der Waals surface area (Å²) in [6.45, 7) is 2.78. The number of anilines is 1. The van der Waals surface area contributed by atoms with Crippen molar-refractivity contribution in [2.45, 2.75) is 25.3 Å². The van der Waals surface area contributed by atoms with Gasteiger partial charge >= 0.3 is 0 Å². The number of rotatable bonds is 11. The van der Waals surface area contributed by atoms with E-state index in [1.807, 2.05) is 30.3 Å². The van der Waals surface area contributed by atoms with Crippen LogP contribution in [0.2, 0.25) is 0 Å². The van der Waals surface area contributed by atoms with E-state index in [9.17, 15) is 21.6 Å². The van der Waals surface area contributed by atoms with Gasteiger partial charge in [0.25, 0.3) is 0 Å². The zero-order valence-electron chi connectivity index (χ0n) is 20.2. The highest BCUT2D eigenvalue weighted by Crippen LogP contribution is 2.24. The first-order chi connectivity index (χ1) is 16.4. The molecule has 0 saturated carbocycles. The van der Waals surface area contributed by atoms with Crippen LogP contribution in [0.15, 0.2) is 54.6 Å². The van der Waals surface area contributed by atoms with Gasteiger partial charge in [-0.05, 0) is 49.2 Å². The van der Waals surface area contributed by atoms with Crippen LogP contribution in [0.5, 0.6) is 0 Å². The van der Waals surface area contributed by atoms with Gasteiger partial charge in [0, 0.05) is 13.6 Å². The van der Waals surface area contributed by atoms with Crippen LogP contribution < -0.4 is 14.8 Å². The summed E-state index contributed by atoms with van der Waals surface area (Å²) in [4.78, 5) is 21.7. The quantitative estimate of drug-likeness (QED) is 0.426. The number of nitrogens with zero attached hydrogens (tertiary/aromatic N) is 3. The molecule has 1 aliphatic rings. The van der Waals surface area contributed by atoms with Crippen molar-refractivity contribution in [2.24, 2.45) is 0 Å². The fourth-order valence-electron chi connectivity index (χ4n) is 4.07. The molecule has 0 spiro atoms. The molecule has 35 heavy (non-hydrogen) atoms. The highest BCUT2D eigenvalue weighted by molar-refractivity contribution is 7.89. The summed E-state index contributed by atoms with van der Waals surface area (Å²) in [5.41, 5.74) is 1.90. The standard InChI is InChI=1S/C23H33N5O5S2/c1-26(22(18-27-14-7-8-15-27)20-11-5-4-6-12-20)23(29)17-19-10-9-13-21(16-19)28(24-34(2,30)31)25-35(3,32)33/h4-6,9-13,16,22,24-25H,7-8,14-15,17-18H2,1-3H3/t22-/m1/s1. The molecule has 12 heteroatoms. The van der Waals surface area contributed by atoms with Crippen LogP contribution in [0.3, 0.4) is 0 Å². The fraction of sp³-hybridized carbons (Fsp3) is 0.435. The number of nitrogens with one attached hydrogen (secondary N) is 2. The van der Waals surface area contributed by atoms with Crippen molar-refractivity contribution in [3.63, 3.8) is 0 Å². The maximum atomic E-state index is 13.3. The Kier molecular flexibility index (Phi) is 8.89. The number of benzene rings is 2. The van der Waals surface area contributed by atoms with E-state index >= 15 is 0 Å². The monoisotopic (exact) mass is 523 g/mol. The zero-order valence-corrected chi connectivity index (χ0v) is 21.8. The van der Waals surface area contributed by atoms with Crippen LogP contribution in [0.4, 0.5) is 5.69 Å². The largest absolute Gasteiger partial charge is 0.337 e. The first kappa shape index (κ1) is 27.1. The van der Waals surface area contributed by atoms with Crippen LogP contribution in [0.25, 0.3) is 0 Å². The number of likely N-dealkylation sites (N-methyl/N-ethyl adjacent to an activating group) is 1. The molecule has 10 nitrogen and oxygen atoms in total. The third-order valence-electron chi connectivity index (χ3n) is 5.71. The number of hydrogen-bond donors (Lipinski definition) is 2. The molecule has 1 atom stereocenters. The Morgan fingerprint density at radius 2 is 1.54 bits per heavy atom. The fourth-order valence-corrected chi connectivity index (χ4v) is 5.09. The van der Waals surface area contributed by atoms with Crippen molar-refractivity contribution in [2.75, 3.05) is 44.3 Å². The molecule has 0 aliphatic carbocycles. The lowest BCUT2D eigenvalue weighted by Crippen LogP contribution is -2.52. The Balaban J connectivity index is 1.80.